The van der Waals surface area contributed by atoms with Crippen molar-refractivity contribution in [3.05, 3.63) is 77.6 Å². The van der Waals surface area contributed by atoms with Gasteiger partial charge in [-0.2, -0.15) is 0 Å². The zero-order valence-corrected chi connectivity index (χ0v) is 13.4. The molecule has 1 amide bonds. The van der Waals surface area contributed by atoms with E-state index in [-0.39, 0.29) is 11.1 Å². The molecule has 0 aliphatic carbocycles. The summed E-state index contributed by atoms with van der Waals surface area (Å²) in [6, 6.07) is 17.0. The van der Waals surface area contributed by atoms with Gasteiger partial charge in [0.2, 0.25) is 0 Å². The molecule has 0 aromatic heterocycles. The van der Waals surface area contributed by atoms with Crippen LogP contribution in [0.2, 0.25) is 0 Å². The van der Waals surface area contributed by atoms with Crippen molar-refractivity contribution in [2.45, 2.75) is 0 Å². The van der Waals surface area contributed by atoms with E-state index in [9.17, 15) is 9.18 Å². The van der Waals surface area contributed by atoms with Gasteiger partial charge in [0.1, 0.15) is 17.3 Å². The van der Waals surface area contributed by atoms with Crippen LogP contribution in [-0.4, -0.2) is 17.3 Å². The highest BCUT2D eigenvalue weighted by Gasteiger charge is 2.20. The average molecular weight is 348 g/mol. The number of aliphatic imine (C=N–C) groups is 1. The van der Waals surface area contributed by atoms with Gasteiger partial charge in [0.25, 0.3) is 5.91 Å². The summed E-state index contributed by atoms with van der Waals surface area (Å²) in [5.74, 6) is -0.507. The lowest BCUT2D eigenvalue weighted by molar-refractivity contribution is 0.0702. The number of rotatable bonds is 2. The molecule has 0 fully saturated rings. The molecule has 1 aliphatic heterocycles. The maximum absolute atomic E-state index is 14.9. The van der Waals surface area contributed by atoms with E-state index in [4.69, 9.17) is 9.94 Å². The molecule has 0 saturated carbocycles. The van der Waals surface area contributed by atoms with Crippen molar-refractivity contribution in [2.24, 2.45) is 4.99 Å². The Morgan fingerprint density at radius 1 is 0.962 bits per heavy atom. The van der Waals surface area contributed by atoms with E-state index < -0.39 is 11.7 Å². The Bertz CT molecular complexity index is 1050. The molecule has 0 spiro atoms. The first-order valence-corrected chi connectivity index (χ1v) is 7.86. The van der Waals surface area contributed by atoms with Crippen molar-refractivity contribution in [3.63, 3.8) is 0 Å². The number of hydroxylamine groups is 1. The number of carbonyl (C=O) groups excluding carboxylic acids is 1. The van der Waals surface area contributed by atoms with Crippen LogP contribution in [0.5, 0.6) is 11.5 Å². The SMILES string of the molecule is O=C(NO)c1cccc(-c2cccc3c2C=Nc2ccccc2O3)c1F. The summed E-state index contributed by atoms with van der Waals surface area (Å²) in [5.41, 5.74) is 3.22. The summed E-state index contributed by atoms with van der Waals surface area (Å²) in [6.07, 6.45) is 1.62. The maximum atomic E-state index is 14.9. The second kappa shape index (κ2) is 6.42. The number of amides is 1. The van der Waals surface area contributed by atoms with Crippen LogP contribution in [-0.2, 0) is 0 Å². The zero-order valence-electron chi connectivity index (χ0n) is 13.4. The van der Waals surface area contributed by atoms with Crippen LogP contribution in [0, 0.1) is 5.82 Å². The first-order chi connectivity index (χ1) is 12.7. The van der Waals surface area contributed by atoms with Crippen molar-refractivity contribution in [1.29, 1.82) is 0 Å². The molecule has 2 N–H and O–H groups in total. The van der Waals surface area contributed by atoms with E-state index in [1.807, 2.05) is 18.2 Å². The number of halogens is 1. The molecule has 3 aromatic carbocycles. The third-order valence-corrected chi connectivity index (χ3v) is 4.12. The number of fused-ring (bicyclic) bond motifs is 2. The molecule has 128 valence electrons. The molecule has 5 nitrogen and oxygen atoms in total. The minimum Gasteiger partial charge on any atom is -0.454 e. The third kappa shape index (κ3) is 2.62. The number of para-hydroxylation sites is 2. The predicted molar refractivity (Wildman–Crippen MR) is 94.9 cm³/mol. The highest BCUT2D eigenvalue weighted by Crippen LogP contribution is 2.39. The Hall–Kier alpha value is -3.51. The topological polar surface area (TPSA) is 70.9 Å². The molecular formula is C20H13FN2O3. The number of carbonyl (C=O) groups is 1. The van der Waals surface area contributed by atoms with Gasteiger partial charge in [-0.15, -0.1) is 0 Å². The standard InChI is InChI=1S/C20H13FN2O3/c21-19-13(6-3-7-14(19)20(24)23-25)12-5-4-10-17-15(12)11-22-16-8-1-2-9-18(16)26-17/h1-11,25H,(H,23,24). The molecule has 0 atom stereocenters. The van der Waals surface area contributed by atoms with Gasteiger partial charge in [0, 0.05) is 17.3 Å². The van der Waals surface area contributed by atoms with Crippen LogP contribution < -0.4 is 10.2 Å². The Labute approximate surface area is 148 Å². The van der Waals surface area contributed by atoms with Gasteiger partial charge >= 0.3 is 0 Å². The molecule has 26 heavy (non-hydrogen) atoms. The maximum Gasteiger partial charge on any atom is 0.277 e. The lowest BCUT2D eigenvalue weighted by atomic mass is 9.97. The molecule has 0 unspecified atom stereocenters. The molecule has 0 bridgehead atoms. The number of nitrogens with one attached hydrogen (secondary N) is 1. The van der Waals surface area contributed by atoms with Crippen LogP contribution in [0.1, 0.15) is 15.9 Å². The monoisotopic (exact) mass is 348 g/mol. The van der Waals surface area contributed by atoms with Crippen LogP contribution in [0.25, 0.3) is 11.1 Å². The van der Waals surface area contributed by atoms with Gasteiger partial charge in [0.15, 0.2) is 5.75 Å². The first kappa shape index (κ1) is 16.0. The van der Waals surface area contributed by atoms with Crippen LogP contribution in [0.15, 0.2) is 65.7 Å². The molecule has 0 radical (unpaired) electrons. The summed E-state index contributed by atoms with van der Waals surface area (Å²) in [7, 11) is 0. The fraction of sp³-hybridized carbons (Fsp3) is 0. The van der Waals surface area contributed by atoms with Crippen LogP contribution in [0.3, 0.4) is 0 Å². The smallest absolute Gasteiger partial charge is 0.277 e. The van der Waals surface area contributed by atoms with Crippen LogP contribution in [0.4, 0.5) is 10.1 Å². The predicted octanol–water partition coefficient (Wildman–Crippen LogP) is 4.47. The van der Waals surface area contributed by atoms with E-state index in [2.05, 4.69) is 4.99 Å². The second-order valence-corrected chi connectivity index (χ2v) is 5.65. The lowest BCUT2D eigenvalue weighted by Gasteiger charge is -2.13. The van der Waals surface area contributed by atoms with E-state index in [0.717, 1.165) is 0 Å². The zero-order chi connectivity index (χ0) is 18.1. The number of benzene rings is 3. The minimum atomic E-state index is -0.913. The molecule has 6 heteroatoms. The second-order valence-electron chi connectivity index (χ2n) is 5.65. The van der Waals surface area contributed by atoms with Crippen molar-refractivity contribution >= 4 is 17.8 Å². The quantitative estimate of drug-likeness (QED) is 0.415. The lowest BCUT2D eigenvalue weighted by Crippen LogP contribution is -2.20. The van der Waals surface area contributed by atoms with E-state index in [1.54, 1.807) is 42.6 Å². The summed E-state index contributed by atoms with van der Waals surface area (Å²) < 4.78 is 20.8. The highest BCUT2D eigenvalue weighted by atomic mass is 19.1. The van der Waals surface area contributed by atoms with Gasteiger partial charge in [-0.25, -0.2) is 9.87 Å². The molecule has 4 rings (SSSR count). The number of ether oxygens (including phenoxy) is 1. The summed E-state index contributed by atoms with van der Waals surface area (Å²) in [6.45, 7) is 0. The Balaban J connectivity index is 1.89. The van der Waals surface area contributed by atoms with Crippen molar-refractivity contribution in [2.75, 3.05) is 0 Å². The summed E-state index contributed by atoms with van der Waals surface area (Å²) in [5, 5.41) is 8.80. The van der Waals surface area contributed by atoms with Gasteiger partial charge < -0.3 is 4.74 Å². The molecule has 3 aromatic rings. The number of nitrogens with zero attached hydrogens (tertiary/aromatic N) is 1. The number of hydrogen-bond acceptors (Lipinski definition) is 4. The minimum absolute atomic E-state index is 0.212. The Kier molecular flexibility index (Phi) is 3.95. The van der Waals surface area contributed by atoms with Crippen molar-refractivity contribution in [3.8, 4) is 22.6 Å². The third-order valence-electron chi connectivity index (χ3n) is 4.12. The van der Waals surface area contributed by atoms with Crippen molar-refractivity contribution in [1.82, 2.24) is 5.48 Å². The van der Waals surface area contributed by atoms with Crippen molar-refractivity contribution < 1.29 is 19.1 Å². The van der Waals surface area contributed by atoms with Crippen LogP contribution >= 0.6 is 0 Å². The number of hydrogen-bond donors (Lipinski definition) is 2. The largest absolute Gasteiger partial charge is 0.454 e. The van der Waals surface area contributed by atoms with Gasteiger partial charge in [-0.05, 0) is 29.8 Å². The van der Waals surface area contributed by atoms with E-state index in [0.29, 0.717) is 28.3 Å². The Morgan fingerprint density at radius 2 is 1.69 bits per heavy atom. The molecule has 1 aliphatic rings. The molecule has 0 saturated heterocycles. The Morgan fingerprint density at radius 3 is 2.54 bits per heavy atom. The van der Waals surface area contributed by atoms with Gasteiger partial charge in [-0.1, -0.05) is 36.4 Å². The van der Waals surface area contributed by atoms with E-state index in [1.165, 1.54) is 11.5 Å². The normalized spacial score (nSPS) is 11.8. The fourth-order valence-corrected chi connectivity index (χ4v) is 2.88. The summed E-state index contributed by atoms with van der Waals surface area (Å²) in [4.78, 5) is 16.1. The molecule has 1 heterocycles. The first-order valence-electron chi connectivity index (χ1n) is 7.86. The van der Waals surface area contributed by atoms with Gasteiger partial charge in [-0.3, -0.25) is 15.0 Å². The highest BCUT2D eigenvalue weighted by molar-refractivity contribution is 5.99. The molecular weight excluding hydrogens is 335 g/mol. The fourth-order valence-electron chi connectivity index (χ4n) is 2.88. The van der Waals surface area contributed by atoms with Gasteiger partial charge in [0.05, 0.1) is 5.56 Å². The van der Waals surface area contributed by atoms with E-state index >= 15 is 0 Å². The summed E-state index contributed by atoms with van der Waals surface area (Å²) >= 11 is 0. The average Bonchev–Trinajstić information content (AvgIpc) is 2.87.